The molecule has 0 aromatic heterocycles. The van der Waals surface area contributed by atoms with Crippen LogP contribution in [-0.4, -0.2) is 40.7 Å². The molecule has 0 aliphatic carbocycles. The molecule has 2 N–H and O–H groups in total. The van der Waals surface area contributed by atoms with Crippen LogP contribution in [0.2, 0.25) is 0 Å². The van der Waals surface area contributed by atoms with E-state index in [4.69, 9.17) is 5.11 Å². The predicted octanol–water partition coefficient (Wildman–Crippen LogP) is 1.83. The second kappa shape index (κ2) is 6.33. The van der Waals surface area contributed by atoms with Crippen LogP contribution in [0.5, 0.6) is 0 Å². The fraction of sp³-hybridized carbons (Fsp3) is 0.462. The number of anilines is 1. The third kappa shape index (κ3) is 3.45. The molecule has 0 spiro atoms. The van der Waals surface area contributed by atoms with Crippen molar-refractivity contribution in [1.82, 2.24) is 4.90 Å². The van der Waals surface area contributed by atoms with Crippen molar-refractivity contribution >= 4 is 17.4 Å². The molecule has 7 heteroatoms. The van der Waals surface area contributed by atoms with Crippen LogP contribution in [0.25, 0.3) is 0 Å². The minimum absolute atomic E-state index is 0.0534. The first-order valence-corrected chi connectivity index (χ1v) is 6.51. The first kappa shape index (κ1) is 14.3. The Labute approximate surface area is 116 Å². The molecule has 0 saturated carbocycles. The molecule has 1 fully saturated rings. The van der Waals surface area contributed by atoms with Gasteiger partial charge in [0.2, 0.25) is 0 Å². The van der Waals surface area contributed by atoms with Crippen molar-refractivity contribution in [3.63, 3.8) is 0 Å². The number of benzene rings is 1. The summed E-state index contributed by atoms with van der Waals surface area (Å²) in [4.78, 5) is 23.9. The number of nitrogens with one attached hydrogen (secondary N) is 1. The number of urea groups is 1. The smallest absolute Gasteiger partial charge is 0.321 e. The number of likely N-dealkylation sites (tertiary alicyclic amines) is 1. The van der Waals surface area contributed by atoms with Gasteiger partial charge in [-0.25, -0.2) is 4.79 Å². The van der Waals surface area contributed by atoms with Crippen LogP contribution in [-0.2, 0) is 0 Å². The van der Waals surface area contributed by atoms with Crippen molar-refractivity contribution in [3.05, 3.63) is 34.4 Å². The number of non-ortho nitro benzene ring substituents is 1. The Morgan fingerprint density at radius 3 is 3.05 bits per heavy atom. The number of hydrogen-bond donors (Lipinski definition) is 2. The highest BCUT2D eigenvalue weighted by molar-refractivity contribution is 5.89. The minimum atomic E-state index is -0.497. The number of nitro groups is 1. The lowest BCUT2D eigenvalue weighted by Crippen LogP contribution is -2.33. The molecule has 2 amide bonds. The molecule has 1 aliphatic rings. The maximum atomic E-state index is 12.0. The number of carbonyl (C=O) groups excluding carboxylic acids is 1. The molecule has 0 radical (unpaired) electrons. The summed E-state index contributed by atoms with van der Waals surface area (Å²) in [5, 5.41) is 22.2. The Balaban J connectivity index is 1.95. The lowest BCUT2D eigenvalue weighted by atomic mass is 10.1. The fourth-order valence-electron chi connectivity index (χ4n) is 2.34. The van der Waals surface area contributed by atoms with Gasteiger partial charge in [0, 0.05) is 37.5 Å². The van der Waals surface area contributed by atoms with Crippen LogP contribution in [0.4, 0.5) is 16.2 Å². The van der Waals surface area contributed by atoms with E-state index < -0.39 is 4.92 Å². The van der Waals surface area contributed by atoms with Crippen molar-refractivity contribution in [1.29, 1.82) is 0 Å². The molecule has 1 heterocycles. The lowest BCUT2D eigenvalue weighted by molar-refractivity contribution is -0.384. The number of rotatable bonds is 4. The van der Waals surface area contributed by atoms with Gasteiger partial charge in [-0.3, -0.25) is 10.1 Å². The van der Waals surface area contributed by atoms with E-state index in [9.17, 15) is 14.9 Å². The average molecular weight is 279 g/mol. The van der Waals surface area contributed by atoms with Gasteiger partial charge in [0.05, 0.1) is 4.92 Å². The third-order valence-corrected chi connectivity index (χ3v) is 3.42. The summed E-state index contributed by atoms with van der Waals surface area (Å²) in [5.41, 5.74) is 0.359. The zero-order chi connectivity index (χ0) is 14.5. The van der Waals surface area contributed by atoms with Crippen LogP contribution in [0, 0.1) is 16.0 Å². The Kier molecular flexibility index (Phi) is 4.52. The van der Waals surface area contributed by atoms with Crippen molar-refractivity contribution in [2.75, 3.05) is 25.0 Å². The van der Waals surface area contributed by atoms with Crippen LogP contribution in [0.15, 0.2) is 24.3 Å². The highest BCUT2D eigenvalue weighted by Gasteiger charge is 2.25. The Bertz CT molecular complexity index is 506. The SMILES string of the molecule is O=C(Nc1cccc([N+](=O)[O-])c1)N1CCC(CCO)C1. The normalized spacial score (nSPS) is 18.1. The average Bonchev–Trinajstić information content (AvgIpc) is 2.88. The van der Waals surface area contributed by atoms with E-state index in [1.54, 1.807) is 11.0 Å². The van der Waals surface area contributed by atoms with Gasteiger partial charge in [-0.05, 0) is 24.8 Å². The van der Waals surface area contributed by atoms with Crippen molar-refractivity contribution in [2.45, 2.75) is 12.8 Å². The number of nitrogens with zero attached hydrogens (tertiary/aromatic N) is 2. The molecule has 1 saturated heterocycles. The first-order chi connectivity index (χ1) is 9.60. The summed E-state index contributed by atoms with van der Waals surface area (Å²) >= 11 is 0. The predicted molar refractivity (Wildman–Crippen MR) is 73.5 cm³/mol. The second-order valence-electron chi connectivity index (χ2n) is 4.85. The summed E-state index contributed by atoms with van der Waals surface area (Å²) in [6.07, 6.45) is 1.57. The van der Waals surface area contributed by atoms with Gasteiger partial charge in [-0.2, -0.15) is 0 Å². The number of amides is 2. The number of carbonyl (C=O) groups is 1. The van der Waals surface area contributed by atoms with Gasteiger partial charge >= 0.3 is 6.03 Å². The molecule has 1 unspecified atom stereocenters. The highest BCUT2D eigenvalue weighted by Crippen LogP contribution is 2.21. The van der Waals surface area contributed by atoms with Crippen LogP contribution in [0.1, 0.15) is 12.8 Å². The Morgan fingerprint density at radius 2 is 2.35 bits per heavy atom. The zero-order valence-corrected chi connectivity index (χ0v) is 11.0. The molecule has 20 heavy (non-hydrogen) atoms. The zero-order valence-electron chi connectivity index (χ0n) is 11.0. The largest absolute Gasteiger partial charge is 0.396 e. The molecule has 7 nitrogen and oxygen atoms in total. The lowest BCUT2D eigenvalue weighted by Gasteiger charge is -2.17. The van der Waals surface area contributed by atoms with E-state index in [-0.39, 0.29) is 18.3 Å². The summed E-state index contributed by atoms with van der Waals surface area (Å²) in [6.45, 7) is 1.39. The maximum absolute atomic E-state index is 12.0. The highest BCUT2D eigenvalue weighted by atomic mass is 16.6. The van der Waals surface area contributed by atoms with Gasteiger partial charge in [-0.15, -0.1) is 0 Å². The minimum Gasteiger partial charge on any atom is -0.396 e. The molecule has 1 aliphatic heterocycles. The molecule has 1 atom stereocenters. The summed E-state index contributed by atoms with van der Waals surface area (Å²) in [5.74, 6) is 0.329. The van der Waals surface area contributed by atoms with Crippen LogP contribution >= 0.6 is 0 Å². The van der Waals surface area contributed by atoms with E-state index in [2.05, 4.69) is 5.32 Å². The second-order valence-corrected chi connectivity index (χ2v) is 4.85. The van der Waals surface area contributed by atoms with Crippen molar-refractivity contribution < 1.29 is 14.8 Å². The summed E-state index contributed by atoms with van der Waals surface area (Å²) in [7, 11) is 0. The molecular formula is C13H17N3O4. The number of nitro benzene ring substituents is 1. The number of aliphatic hydroxyl groups excluding tert-OH is 1. The van der Waals surface area contributed by atoms with Gasteiger partial charge in [0.25, 0.3) is 5.69 Å². The van der Waals surface area contributed by atoms with E-state index in [0.717, 1.165) is 6.42 Å². The van der Waals surface area contributed by atoms with Gasteiger partial charge < -0.3 is 15.3 Å². The van der Waals surface area contributed by atoms with E-state index in [0.29, 0.717) is 31.1 Å². The number of hydrogen-bond acceptors (Lipinski definition) is 4. The van der Waals surface area contributed by atoms with Gasteiger partial charge in [0.1, 0.15) is 0 Å². The quantitative estimate of drug-likeness (QED) is 0.649. The fourth-order valence-corrected chi connectivity index (χ4v) is 2.34. The maximum Gasteiger partial charge on any atom is 0.321 e. The van der Waals surface area contributed by atoms with Crippen LogP contribution < -0.4 is 5.32 Å². The molecular weight excluding hydrogens is 262 g/mol. The molecule has 108 valence electrons. The van der Waals surface area contributed by atoms with E-state index >= 15 is 0 Å². The van der Waals surface area contributed by atoms with Crippen LogP contribution in [0.3, 0.4) is 0 Å². The molecule has 1 aromatic carbocycles. The first-order valence-electron chi connectivity index (χ1n) is 6.51. The van der Waals surface area contributed by atoms with E-state index in [1.807, 2.05) is 0 Å². The topological polar surface area (TPSA) is 95.7 Å². The standard InChI is InChI=1S/C13H17N3O4/c17-7-5-10-4-6-15(9-10)13(18)14-11-2-1-3-12(8-11)16(19)20/h1-3,8,10,17H,4-7,9H2,(H,14,18). The Morgan fingerprint density at radius 1 is 1.55 bits per heavy atom. The Hall–Kier alpha value is -2.15. The number of aliphatic hydroxyl groups is 1. The summed E-state index contributed by atoms with van der Waals surface area (Å²) in [6, 6.07) is 5.60. The van der Waals surface area contributed by atoms with Crippen molar-refractivity contribution in [3.8, 4) is 0 Å². The monoisotopic (exact) mass is 279 g/mol. The van der Waals surface area contributed by atoms with Gasteiger partial charge in [-0.1, -0.05) is 6.07 Å². The van der Waals surface area contributed by atoms with Gasteiger partial charge in [0.15, 0.2) is 0 Å². The van der Waals surface area contributed by atoms with E-state index in [1.165, 1.54) is 18.2 Å². The van der Waals surface area contributed by atoms with Crippen molar-refractivity contribution in [2.24, 2.45) is 5.92 Å². The molecule has 2 rings (SSSR count). The third-order valence-electron chi connectivity index (χ3n) is 3.42. The molecule has 0 bridgehead atoms. The summed E-state index contributed by atoms with van der Waals surface area (Å²) < 4.78 is 0. The molecule has 1 aromatic rings.